The molecule has 0 heterocycles. The van der Waals surface area contributed by atoms with Crippen LogP contribution in [0.1, 0.15) is 50.7 Å². The fraction of sp³-hybridized carbons (Fsp3) is 0.611. The molecule has 1 aliphatic rings. The van der Waals surface area contributed by atoms with E-state index < -0.39 is 17.2 Å². The minimum atomic E-state index is -4.37. The van der Waals surface area contributed by atoms with Gasteiger partial charge in [-0.3, -0.25) is 4.79 Å². The number of alkyl halides is 3. The van der Waals surface area contributed by atoms with E-state index in [4.69, 9.17) is 5.73 Å². The van der Waals surface area contributed by atoms with Crippen LogP contribution >= 0.6 is 0 Å². The fourth-order valence-corrected chi connectivity index (χ4v) is 3.17. The van der Waals surface area contributed by atoms with Crippen molar-refractivity contribution in [2.24, 2.45) is 11.7 Å². The number of hydrogen-bond donors (Lipinski definition) is 2. The van der Waals surface area contributed by atoms with Gasteiger partial charge in [-0.05, 0) is 30.4 Å². The number of rotatable bonds is 5. The van der Waals surface area contributed by atoms with Crippen molar-refractivity contribution in [3.63, 3.8) is 0 Å². The highest BCUT2D eigenvalue weighted by molar-refractivity contribution is 5.76. The van der Waals surface area contributed by atoms with E-state index in [1.165, 1.54) is 6.07 Å². The predicted molar refractivity (Wildman–Crippen MR) is 87.4 cm³/mol. The van der Waals surface area contributed by atoms with Crippen LogP contribution in [0.5, 0.6) is 0 Å². The molecule has 1 fully saturated rings. The van der Waals surface area contributed by atoms with Crippen LogP contribution in [0.4, 0.5) is 13.2 Å². The molecule has 2 atom stereocenters. The Bertz CT molecular complexity index is 584. The predicted octanol–water partition coefficient (Wildman–Crippen LogP) is 3.62. The molecule has 0 spiro atoms. The first-order valence-electron chi connectivity index (χ1n) is 8.29. The second kappa shape index (κ2) is 7.13. The van der Waals surface area contributed by atoms with Crippen molar-refractivity contribution in [2.75, 3.05) is 6.54 Å². The number of benzene rings is 1. The molecule has 2 rings (SSSR count). The summed E-state index contributed by atoms with van der Waals surface area (Å²) in [4.78, 5) is 12.1. The molecule has 6 heteroatoms. The van der Waals surface area contributed by atoms with Crippen molar-refractivity contribution >= 4 is 5.91 Å². The van der Waals surface area contributed by atoms with Crippen molar-refractivity contribution in [1.82, 2.24) is 5.32 Å². The number of nitrogens with two attached hydrogens (primary N) is 1. The highest BCUT2D eigenvalue weighted by atomic mass is 19.4. The van der Waals surface area contributed by atoms with Gasteiger partial charge in [-0.15, -0.1) is 0 Å². The number of nitrogens with one attached hydrogen (secondary N) is 1. The molecular weight excluding hydrogens is 317 g/mol. The Morgan fingerprint density at radius 2 is 1.92 bits per heavy atom. The van der Waals surface area contributed by atoms with Gasteiger partial charge in [0.15, 0.2) is 0 Å². The lowest BCUT2D eigenvalue weighted by molar-refractivity contribution is -0.137. The molecule has 0 unspecified atom stereocenters. The zero-order chi connectivity index (χ0) is 18.0. The molecule has 24 heavy (non-hydrogen) atoms. The van der Waals surface area contributed by atoms with Crippen molar-refractivity contribution in [1.29, 1.82) is 0 Å². The van der Waals surface area contributed by atoms with E-state index in [2.05, 4.69) is 5.32 Å². The van der Waals surface area contributed by atoms with Crippen molar-refractivity contribution in [2.45, 2.75) is 57.2 Å². The van der Waals surface area contributed by atoms with Crippen LogP contribution in [0, 0.1) is 5.92 Å². The fourth-order valence-electron chi connectivity index (χ4n) is 3.17. The summed E-state index contributed by atoms with van der Waals surface area (Å²) in [7, 11) is 0. The van der Waals surface area contributed by atoms with Gasteiger partial charge in [0.25, 0.3) is 0 Å². The Labute approximate surface area is 140 Å². The van der Waals surface area contributed by atoms with Crippen molar-refractivity contribution in [3.05, 3.63) is 35.4 Å². The zero-order valence-electron chi connectivity index (χ0n) is 14.1. The third kappa shape index (κ3) is 4.72. The minimum Gasteiger partial charge on any atom is -0.355 e. The first kappa shape index (κ1) is 18.8. The lowest BCUT2D eigenvalue weighted by Crippen LogP contribution is -2.38. The number of carbonyl (C=O) groups excluding carboxylic acids is 1. The van der Waals surface area contributed by atoms with E-state index in [0.29, 0.717) is 12.0 Å². The lowest BCUT2D eigenvalue weighted by atomic mass is 9.83. The maximum Gasteiger partial charge on any atom is 0.416 e. The molecule has 1 aliphatic carbocycles. The number of hydrogen-bond acceptors (Lipinski definition) is 2. The minimum absolute atomic E-state index is 0.0761. The average molecular weight is 342 g/mol. The summed E-state index contributed by atoms with van der Waals surface area (Å²) >= 11 is 0. The van der Waals surface area contributed by atoms with Crippen LogP contribution in [0.25, 0.3) is 0 Å². The van der Waals surface area contributed by atoms with Gasteiger partial charge in [-0.1, -0.05) is 38.5 Å². The smallest absolute Gasteiger partial charge is 0.355 e. The molecule has 1 amide bonds. The Balaban J connectivity index is 1.97. The second-order valence-electron chi connectivity index (χ2n) is 7.30. The zero-order valence-corrected chi connectivity index (χ0v) is 14.1. The molecule has 0 aromatic heterocycles. The Hall–Kier alpha value is -1.56. The first-order valence-corrected chi connectivity index (χ1v) is 8.29. The lowest BCUT2D eigenvalue weighted by Gasteiger charge is -2.27. The van der Waals surface area contributed by atoms with Crippen LogP contribution in [-0.4, -0.2) is 18.5 Å². The third-order valence-electron chi connectivity index (χ3n) is 4.86. The van der Waals surface area contributed by atoms with E-state index >= 15 is 0 Å². The molecular formula is C18H25F3N2O. The van der Waals surface area contributed by atoms with Crippen LogP contribution < -0.4 is 11.1 Å². The second-order valence-corrected chi connectivity index (χ2v) is 7.30. The van der Waals surface area contributed by atoms with E-state index in [9.17, 15) is 18.0 Å². The molecule has 0 aliphatic heterocycles. The monoisotopic (exact) mass is 342 g/mol. The normalized spacial score (nSPS) is 21.8. The molecule has 0 radical (unpaired) electrons. The molecule has 1 saturated carbocycles. The van der Waals surface area contributed by atoms with Crippen molar-refractivity contribution < 1.29 is 18.0 Å². The maximum atomic E-state index is 12.9. The van der Waals surface area contributed by atoms with Crippen LogP contribution in [0.2, 0.25) is 0 Å². The molecule has 134 valence electrons. The third-order valence-corrected chi connectivity index (χ3v) is 4.86. The summed E-state index contributed by atoms with van der Waals surface area (Å²) in [6.45, 7) is 3.93. The van der Waals surface area contributed by atoms with Gasteiger partial charge in [0.1, 0.15) is 0 Å². The SMILES string of the molecule is CC(C)(CNC(=O)C[C@@H]1CCC[C@H]1N)c1cccc(C(F)(F)F)c1. The standard InChI is InChI=1S/C18H25F3N2O/c1-17(2,13-6-4-7-14(10-13)18(19,20)21)11-23-16(24)9-12-5-3-8-15(12)22/h4,6-7,10,12,15H,3,5,8-9,11,22H2,1-2H3,(H,23,24)/t12-,15+/m0/s1. The van der Waals surface area contributed by atoms with Crippen LogP contribution in [0.15, 0.2) is 24.3 Å². The Morgan fingerprint density at radius 3 is 2.50 bits per heavy atom. The summed E-state index contributed by atoms with van der Waals surface area (Å²) in [6.07, 6.45) is -1.01. The van der Waals surface area contributed by atoms with E-state index in [0.717, 1.165) is 31.4 Å². The molecule has 0 bridgehead atoms. The summed E-state index contributed by atoms with van der Waals surface area (Å²) < 4.78 is 38.6. The maximum absolute atomic E-state index is 12.9. The molecule has 3 nitrogen and oxygen atoms in total. The largest absolute Gasteiger partial charge is 0.416 e. The number of amides is 1. The van der Waals surface area contributed by atoms with Crippen LogP contribution in [0.3, 0.4) is 0 Å². The highest BCUT2D eigenvalue weighted by Crippen LogP contribution is 2.32. The summed E-state index contributed by atoms with van der Waals surface area (Å²) in [6, 6.07) is 5.35. The van der Waals surface area contributed by atoms with Gasteiger partial charge >= 0.3 is 6.18 Å². The highest BCUT2D eigenvalue weighted by Gasteiger charge is 2.32. The molecule has 3 N–H and O–H groups in total. The summed E-state index contributed by atoms with van der Waals surface area (Å²) in [5.41, 5.74) is 5.26. The van der Waals surface area contributed by atoms with E-state index in [-0.39, 0.29) is 24.4 Å². The van der Waals surface area contributed by atoms with Gasteiger partial charge < -0.3 is 11.1 Å². The molecule has 1 aromatic carbocycles. The van der Waals surface area contributed by atoms with Gasteiger partial charge in [0.05, 0.1) is 5.56 Å². The van der Waals surface area contributed by atoms with E-state index in [1.54, 1.807) is 6.07 Å². The Kier molecular flexibility index (Phi) is 5.58. The average Bonchev–Trinajstić information content (AvgIpc) is 2.90. The first-order chi connectivity index (χ1) is 11.1. The van der Waals surface area contributed by atoms with Gasteiger partial charge in [-0.25, -0.2) is 0 Å². The number of carbonyl (C=O) groups is 1. The van der Waals surface area contributed by atoms with E-state index in [1.807, 2.05) is 13.8 Å². The van der Waals surface area contributed by atoms with Crippen LogP contribution in [-0.2, 0) is 16.4 Å². The Morgan fingerprint density at radius 1 is 1.25 bits per heavy atom. The summed E-state index contributed by atoms with van der Waals surface area (Å²) in [5.74, 6) is 0.124. The molecule has 0 saturated heterocycles. The summed E-state index contributed by atoms with van der Waals surface area (Å²) in [5, 5.41) is 2.85. The van der Waals surface area contributed by atoms with Gasteiger partial charge in [0.2, 0.25) is 5.91 Å². The number of halogens is 3. The molecule has 1 aromatic rings. The van der Waals surface area contributed by atoms with Crippen molar-refractivity contribution in [3.8, 4) is 0 Å². The van der Waals surface area contributed by atoms with Gasteiger partial charge in [-0.2, -0.15) is 13.2 Å². The topological polar surface area (TPSA) is 55.1 Å². The quantitative estimate of drug-likeness (QED) is 0.859. The van der Waals surface area contributed by atoms with Gasteiger partial charge in [0, 0.05) is 24.4 Å².